The molecule has 0 aliphatic rings. The Morgan fingerprint density at radius 2 is 1.00 bits per heavy atom. The predicted octanol–water partition coefficient (Wildman–Crippen LogP) is 5.32. The number of carbonyl (C=O) groups is 1. The molecule has 1 N–H and O–H groups in total. The molecule has 202 valence electrons. The van der Waals surface area contributed by atoms with Gasteiger partial charge in [0.15, 0.2) is 0 Å². The molecule has 0 saturated carbocycles. The second-order valence-electron chi connectivity index (χ2n) is 5.50. The van der Waals surface area contributed by atoms with E-state index in [9.17, 15) is 66.6 Å². The lowest BCUT2D eigenvalue weighted by atomic mass is 10.3. The summed E-state index contributed by atoms with van der Waals surface area (Å²) in [4.78, 5) is 12.1. The van der Waals surface area contributed by atoms with Gasteiger partial charge in [0.05, 0.1) is 0 Å². The standard InChI is InChI=1S/C13H9F12NO7P2/c1-3-5-30-35(29,31-6-4-2)26-9(27)34(28,32-7(10(14,15)16)11(17,18)19)33-8(12(20,21)22)13(23,24)25/h1-2,7-8H,5-6H2,(H,26,27,29). The minimum atomic E-state index is -7.53. The van der Waals surface area contributed by atoms with Crippen LogP contribution >= 0.6 is 15.3 Å². The average molecular weight is 581 g/mol. The van der Waals surface area contributed by atoms with Gasteiger partial charge in [-0.1, -0.05) is 11.8 Å². The van der Waals surface area contributed by atoms with E-state index in [1.54, 1.807) is 11.8 Å². The number of amides is 1. The van der Waals surface area contributed by atoms with Crippen LogP contribution in [-0.4, -0.2) is 55.8 Å². The Morgan fingerprint density at radius 3 is 1.23 bits per heavy atom. The van der Waals surface area contributed by atoms with E-state index in [0.29, 0.717) is 5.09 Å². The summed E-state index contributed by atoms with van der Waals surface area (Å²) >= 11 is 0. The number of terminal acetylenes is 2. The van der Waals surface area contributed by atoms with Crippen LogP contribution in [0.25, 0.3) is 0 Å². The fourth-order valence-electron chi connectivity index (χ4n) is 1.53. The maximum absolute atomic E-state index is 12.7. The monoisotopic (exact) mass is 581 g/mol. The van der Waals surface area contributed by atoms with Crippen molar-refractivity contribution in [3.63, 3.8) is 0 Å². The summed E-state index contributed by atoms with van der Waals surface area (Å²) in [6, 6.07) is 0. The number of alkyl halides is 12. The van der Waals surface area contributed by atoms with Crippen LogP contribution in [0, 0.1) is 24.7 Å². The fourth-order valence-corrected chi connectivity index (χ4v) is 4.59. The first-order valence-corrected chi connectivity index (χ1v) is 10.8. The number of rotatable bonds is 10. The molecule has 0 bridgehead atoms. The van der Waals surface area contributed by atoms with Crippen LogP contribution in [0.1, 0.15) is 0 Å². The Kier molecular flexibility index (Phi) is 10.8. The first-order valence-electron chi connectivity index (χ1n) is 7.75. The zero-order valence-electron chi connectivity index (χ0n) is 16.0. The lowest BCUT2D eigenvalue weighted by Crippen LogP contribution is -2.47. The molecule has 0 atom stereocenters. The molecule has 0 aromatic carbocycles. The van der Waals surface area contributed by atoms with Crippen molar-refractivity contribution in [1.29, 1.82) is 0 Å². The van der Waals surface area contributed by atoms with Gasteiger partial charge in [-0.3, -0.25) is 28.0 Å². The van der Waals surface area contributed by atoms with Gasteiger partial charge in [0.2, 0.25) is 0 Å². The zero-order valence-corrected chi connectivity index (χ0v) is 17.8. The van der Waals surface area contributed by atoms with Gasteiger partial charge in [0, 0.05) is 0 Å². The molecular formula is C13H9F12NO7P2. The van der Waals surface area contributed by atoms with Crippen molar-refractivity contribution in [2.24, 2.45) is 0 Å². The summed E-state index contributed by atoms with van der Waals surface area (Å²) in [5.41, 5.74) is -3.26. The van der Waals surface area contributed by atoms with Gasteiger partial charge in [-0.15, -0.1) is 12.8 Å². The molecular weight excluding hydrogens is 572 g/mol. The first-order chi connectivity index (χ1) is 15.4. The zero-order chi connectivity index (χ0) is 28.1. The summed E-state index contributed by atoms with van der Waals surface area (Å²) in [7, 11) is -13.0. The second-order valence-corrected chi connectivity index (χ2v) is 9.06. The van der Waals surface area contributed by atoms with Gasteiger partial charge >= 0.3 is 45.7 Å². The van der Waals surface area contributed by atoms with Crippen molar-refractivity contribution in [3.05, 3.63) is 0 Å². The predicted molar refractivity (Wildman–Crippen MR) is 87.3 cm³/mol. The highest BCUT2D eigenvalue weighted by molar-refractivity contribution is 7.73. The first kappa shape index (κ1) is 33.0. The van der Waals surface area contributed by atoms with E-state index in [-0.39, 0.29) is 0 Å². The maximum atomic E-state index is 12.7. The van der Waals surface area contributed by atoms with Crippen molar-refractivity contribution >= 4 is 21.0 Å². The van der Waals surface area contributed by atoms with E-state index in [1.807, 2.05) is 0 Å². The van der Waals surface area contributed by atoms with Crippen LogP contribution in [0.2, 0.25) is 0 Å². The molecule has 0 aliphatic carbocycles. The summed E-state index contributed by atoms with van der Waals surface area (Å²) in [6.07, 6.45) is -28.3. The minimum Gasteiger partial charge on any atom is -0.279 e. The van der Waals surface area contributed by atoms with E-state index in [2.05, 4.69) is 18.1 Å². The molecule has 0 radical (unpaired) electrons. The van der Waals surface area contributed by atoms with Crippen LogP contribution in [0.15, 0.2) is 0 Å². The van der Waals surface area contributed by atoms with Gasteiger partial charge in [0.1, 0.15) is 13.2 Å². The molecule has 1 amide bonds. The molecule has 22 heteroatoms. The van der Waals surface area contributed by atoms with Crippen molar-refractivity contribution in [2.75, 3.05) is 13.2 Å². The number of hydrogen-bond acceptors (Lipinski definition) is 7. The third-order valence-corrected chi connectivity index (χ3v) is 5.97. The van der Waals surface area contributed by atoms with Gasteiger partial charge < -0.3 is 0 Å². The van der Waals surface area contributed by atoms with E-state index in [1.165, 1.54) is 0 Å². The summed E-state index contributed by atoms with van der Waals surface area (Å²) in [5, 5.41) is 0.619. The molecule has 0 fully saturated rings. The van der Waals surface area contributed by atoms with Crippen LogP contribution in [0.5, 0.6) is 0 Å². The van der Waals surface area contributed by atoms with E-state index in [0.717, 1.165) is 0 Å². The molecule has 8 nitrogen and oxygen atoms in total. The molecule has 35 heavy (non-hydrogen) atoms. The van der Waals surface area contributed by atoms with Gasteiger partial charge in [-0.05, 0) is 0 Å². The van der Waals surface area contributed by atoms with Gasteiger partial charge in [0.25, 0.3) is 12.2 Å². The van der Waals surface area contributed by atoms with Crippen molar-refractivity contribution in [2.45, 2.75) is 36.9 Å². The van der Waals surface area contributed by atoms with E-state index >= 15 is 0 Å². The Balaban J connectivity index is 6.71. The molecule has 0 unspecified atom stereocenters. The second kappa shape index (κ2) is 11.4. The summed E-state index contributed by atoms with van der Waals surface area (Å²) in [5.74, 6) is 3.10. The summed E-state index contributed by atoms with van der Waals surface area (Å²) in [6.45, 7) is -2.31. The fraction of sp³-hybridized carbons (Fsp3) is 0.615. The number of halogens is 12. The molecule has 0 spiro atoms. The Bertz CT molecular complexity index is 840. The van der Waals surface area contributed by atoms with Gasteiger partial charge in [-0.25, -0.2) is 9.13 Å². The summed E-state index contributed by atoms with van der Waals surface area (Å²) < 4.78 is 192. The van der Waals surface area contributed by atoms with E-state index in [4.69, 9.17) is 12.8 Å². The largest absolute Gasteiger partial charge is 0.437 e. The molecule has 0 saturated heterocycles. The van der Waals surface area contributed by atoms with Crippen molar-refractivity contribution in [1.82, 2.24) is 5.09 Å². The van der Waals surface area contributed by atoms with Crippen LogP contribution < -0.4 is 5.09 Å². The van der Waals surface area contributed by atoms with Crippen LogP contribution in [0.4, 0.5) is 57.5 Å². The smallest absolute Gasteiger partial charge is 0.279 e. The Morgan fingerprint density at radius 1 is 0.714 bits per heavy atom. The molecule has 0 aromatic rings. The van der Waals surface area contributed by atoms with Crippen molar-refractivity contribution < 1.29 is 84.7 Å². The van der Waals surface area contributed by atoms with Gasteiger partial charge in [-0.2, -0.15) is 52.7 Å². The quantitative estimate of drug-likeness (QED) is 0.212. The number of hydrogen-bond donors (Lipinski definition) is 1. The number of carbonyl (C=O) groups excluding carboxylic acids is 1. The maximum Gasteiger partial charge on any atom is 0.437 e. The highest BCUT2D eigenvalue weighted by Crippen LogP contribution is 2.60. The third-order valence-electron chi connectivity index (χ3n) is 2.79. The molecule has 0 rings (SSSR count). The highest BCUT2D eigenvalue weighted by Gasteiger charge is 2.66. The third kappa shape index (κ3) is 10.3. The molecule has 0 aromatic heterocycles. The lowest BCUT2D eigenvalue weighted by molar-refractivity contribution is -0.313. The minimum absolute atomic E-state index is 0.619. The van der Waals surface area contributed by atoms with Crippen LogP contribution in [0.3, 0.4) is 0 Å². The molecule has 0 aliphatic heterocycles. The number of nitrogens with one attached hydrogen (secondary N) is 1. The normalized spacial score (nSPS) is 14.1. The van der Waals surface area contributed by atoms with Crippen molar-refractivity contribution in [3.8, 4) is 24.7 Å². The van der Waals surface area contributed by atoms with Crippen LogP contribution in [-0.2, 0) is 27.2 Å². The molecule has 0 heterocycles. The Hall–Kier alpha value is -1.95. The van der Waals surface area contributed by atoms with E-state index < -0.39 is 71.1 Å². The highest BCUT2D eigenvalue weighted by atomic mass is 31.2. The topological polar surface area (TPSA) is 100 Å². The average Bonchev–Trinajstić information content (AvgIpc) is 2.63. The lowest BCUT2D eigenvalue weighted by Gasteiger charge is -2.30. The Labute approximate surface area is 186 Å². The SMILES string of the molecule is C#CCOP(=O)(NC(=O)P(=O)(OC(C(F)(F)F)C(F)(F)F)OC(C(F)(F)F)C(F)(F)F)OCC#C.